The topological polar surface area (TPSA) is 57.8 Å². The van der Waals surface area contributed by atoms with Gasteiger partial charge in [-0.1, -0.05) is 29.8 Å². The number of amides is 1. The summed E-state index contributed by atoms with van der Waals surface area (Å²) in [5.41, 5.74) is 2.84. The van der Waals surface area contributed by atoms with Crippen molar-refractivity contribution in [2.75, 3.05) is 5.32 Å². The summed E-state index contributed by atoms with van der Waals surface area (Å²) < 4.78 is 0. The van der Waals surface area contributed by atoms with Crippen LogP contribution < -0.4 is 5.32 Å². The number of anilines is 1. The normalized spacial score (nSPS) is 10.7. The number of aromatic nitrogens is 2. The second kappa shape index (κ2) is 4.98. The third-order valence-electron chi connectivity index (χ3n) is 3.24. The van der Waals surface area contributed by atoms with E-state index in [1.165, 1.54) is 0 Å². The second-order valence-electron chi connectivity index (χ2n) is 4.51. The monoisotopic (exact) mass is 285 g/mol. The smallest absolute Gasteiger partial charge is 0.257 e. The van der Waals surface area contributed by atoms with Gasteiger partial charge in [0.1, 0.15) is 0 Å². The Morgan fingerprint density at radius 1 is 1.25 bits per heavy atom. The van der Waals surface area contributed by atoms with Crippen molar-refractivity contribution in [3.8, 4) is 0 Å². The number of hydrogen-bond acceptors (Lipinski definition) is 2. The van der Waals surface area contributed by atoms with Crippen LogP contribution in [0.1, 0.15) is 15.9 Å². The number of aromatic amines is 1. The molecule has 5 heteroatoms. The van der Waals surface area contributed by atoms with E-state index >= 15 is 0 Å². The molecule has 100 valence electrons. The number of carbonyl (C=O) groups is 1. The van der Waals surface area contributed by atoms with Crippen molar-refractivity contribution in [1.29, 1.82) is 0 Å². The number of nitrogens with zero attached hydrogens (tertiary/aromatic N) is 1. The van der Waals surface area contributed by atoms with Crippen LogP contribution >= 0.6 is 11.6 Å². The largest absolute Gasteiger partial charge is 0.322 e. The molecule has 3 aromatic rings. The highest BCUT2D eigenvalue weighted by atomic mass is 35.5. The Kier molecular flexibility index (Phi) is 3.16. The van der Waals surface area contributed by atoms with E-state index in [1.807, 2.05) is 31.2 Å². The van der Waals surface area contributed by atoms with Gasteiger partial charge in [-0.25, -0.2) is 0 Å². The van der Waals surface area contributed by atoms with Gasteiger partial charge in [-0.3, -0.25) is 9.89 Å². The molecule has 0 spiro atoms. The molecular formula is C15H12ClN3O. The van der Waals surface area contributed by atoms with Crippen LogP contribution in [0.4, 0.5) is 5.69 Å². The molecule has 2 N–H and O–H groups in total. The Bertz CT molecular complexity index is 795. The SMILES string of the molecule is Cc1c(Cl)cccc1NC(=O)c1cccc2cn[nH]c12. The quantitative estimate of drug-likeness (QED) is 0.753. The third kappa shape index (κ3) is 2.14. The number of hydrogen-bond donors (Lipinski definition) is 2. The molecule has 0 bridgehead atoms. The molecule has 0 saturated carbocycles. The Labute approximate surface area is 120 Å². The van der Waals surface area contributed by atoms with E-state index in [0.29, 0.717) is 16.3 Å². The first kappa shape index (κ1) is 12.7. The van der Waals surface area contributed by atoms with Crippen molar-refractivity contribution in [3.05, 3.63) is 58.7 Å². The number of nitrogens with one attached hydrogen (secondary N) is 2. The summed E-state index contributed by atoms with van der Waals surface area (Å²) in [6.07, 6.45) is 1.69. The standard InChI is InChI=1S/C15H12ClN3O/c1-9-12(16)6-3-7-13(9)18-15(20)11-5-2-4-10-8-17-19-14(10)11/h2-8H,1H3,(H,17,19)(H,18,20). The van der Waals surface area contributed by atoms with Crippen molar-refractivity contribution >= 4 is 34.1 Å². The molecule has 1 amide bonds. The highest BCUT2D eigenvalue weighted by molar-refractivity contribution is 6.31. The third-order valence-corrected chi connectivity index (χ3v) is 3.65. The summed E-state index contributed by atoms with van der Waals surface area (Å²) in [4.78, 5) is 12.4. The minimum Gasteiger partial charge on any atom is -0.322 e. The summed E-state index contributed by atoms with van der Waals surface area (Å²) in [6.45, 7) is 1.87. The average molecular weight is 286 g/mol. The van der Waals surface area contributed by atoms with Crippen molar-refractivity contribution < 1.29 is 4.79 Å². The van der Waals surface area contributed by atoms with E-state index in [1.54, 1.807) is 18.3 Å². The number of carbonyl (C=O) groups excluding carboxylic acids is 1. The summed E-state index contributed by atoms with van der Waals surface area (Å²) in [5.74, 6) is -0.190. The summed E-state index contributed by atoms with van der Waals surface area (Å²) in [6, 6.07) is 10.9. The van der Waals surface area contributed by atoms with Crippen molar-refractivity contribution in [3.63, 3.8) is 0 Å². The molecular weight excluding hydrogens is 274 g/mol. The van der Waals surface area contributed by atoms with Crippen LogP contribution in [0.3, 0.4) is 0 Å². The van der Waals surface area contributed by atoms with Crippen LogP contribution in [-0.4, -0.2) is 16.1 Å². The summed E-state index contributed by atoms with van der Waals surface area (Å²) in [5, 5.41) is 11.2. The first-order chi connectivity index (χ1) is 9.66. The lowest BCUT2D eigenvalue weighted by molar-refractivity contribution is 0.102. The Balaban J connectivity index is 1.97. The molecule has 1 heterocycles. The number of para-hydroxylation sites is 1. The van der Waals surface area contributed by atoms with Crippen LogP contribution in [0.5, 0.6) is 0 Å². The summed E-state index contributed by atoms with van der Waals surface area (Å²) >= 11 is 6.05. The zero-order valence-corrected chi connectivity index (χ0v) is 11.5. The predicted molar refractivity (Wildman–Crippen MR) is 80.2 cm³/mol. The highest BCUT2D eigenvalue weighted by Gasteiger charge is 2.13. The molecule has 0 aliphatic rings. The molecule has 0 atom stereocenters. The number of halogens is 1. The second-order valence-corrected chi connectivity index (χ2v) is 4.91. The van der Waals surface area contributed by atoms with Gasteiger partial charge in [0.25, 0.3) is 5.91 Å². The Hall–Kier alpha value is -2.33. The first-order valence-corrected chi connectivity index (χ1v) is 6.53. The minimum absolute atomic E-state index is 0.190. The number of H-pyrrole nitrogens is 1. The van der Waals surface area contributed by atoms with E-state index in [-0.39, 0.29) is 5.91 Å². The molecule has 1 aromatic heterocycles. The van der Waals surface area contributed by atoms with Crippen molar-refractivity contribution in [1.82, 2.24) is 10.2 Å². The van der Waals surface area contributed by atoms with Gasteiger partial charge in [0.05, 0.1) is 17.3 Å². The molecule has 2 aromatic carbocycles. The Morgan fingerprint density at radius 2 is 2.05 bits per heavy atom. The van der Waals surface area contributed by atoms with Crippen LogP contribution in [0.2, 0.25) is 5.02 Å². The van der Waals surface area contributed by atoms with Gasteiger partial charge >= 0.3 is 0 Å². The molecule has 0 unspecified atom stereocenters. The molecule has 0 radical (unpaired) electrons. The van der Waals surface area contributed by atoms with Gasteiger partial charge in [0, 0.05) is 16.1 Å². The minimum atomic E-state index is -0.190. The fraction of sp³-hybridized carbons (Fsp3) is 0.0667. The molecule has 4 nitrogen and oxygen atoms in total. The zero-order chi connectivity index (χ0) is 14.1. The van der Waals surface area contributed by atoms with E-state index < -0.39 is 0 Å². The lowest BCUT2D eigenvalue weighted by Crippen LogP contribution is -2.13. The zero-order valence-electron chi connectivity index (χ0n) is 10.8. The maximum Gasteiger partial charge on any atom is 0.257 e. The maximum atomic E-state index is 12.4. The lowest BCUT2D eigenvalue weighted by atomic mass is 10.1. The highest BCUT2D eigenvalue weighted by Crippen LogP contribution is 2.24. The van der Waals surface area contributed by atoms with Crippen molar-refractivity contribution in [2.24, 2.45) is 0 Å². The van der Waals surface area contributed by atoms with Crippen LogP contribution in [0.15, 0.2) is 42.6 Å². The van der Waals surface area contributed by atoms with Crippen LogP contribution in [0.25, 0.3) is 10.9 Å². The van der Waals surface area contributed by atoms with Gasteiger partial charge in [-0.2, -0.15) is 5.10 Å². The fourth-order valence-electron chi connectivity index (χ4n) is 2.09. The number of rotatable bonds is 2. The molecule has 3 rings (SSSR count). The van der Waals surface area contributed by atoms with Gasteiger partial charge in [0.2, 0.25) is 0 Å². The van der Waals surface area contributed by atoms with Crippen LogP contribution in [-0.2, 0) is 0 Å². The average Bonchev–Trinajstić information content (AvgIpc) is 2.92. The fourth-order valence-corrected chi connectivity index (χ4v) is 2.27. The van der Waals surface area contributed by atoms with Gasteiger partial charge < -0.3 is 5.32 Å². The van der Waals surface area contributed by atoms with E-state index in [0.717, 1.165) is 16.5 Å². The molecule has 20 heavy (non-hydrogen) atoms. The predicted octanol–water partition coefficient (Wildman–Crippen LogP) is 3.78. The van der Waals surface area contributed by atoms with Gasteiger partial charge in [0.15, 0.2) is 0 Å². The Morgan fingerprint density at radius 3 is 2.90 bits per heavy atom. The van der Waals surface area contributed by atoms with Gasteiger partial charge in [-0.05, 0) is 30.7 Å². The maximum absolute atomic E-state index is 12.4. The number of fused-ring (bicyclic) bond motifs is 1. The van der Waals surface area contributed by atoms with E-state index in [9.17, 15) is 4.79 Å². The lowest BCUT2D eigenvalue weighted by Gasteiger charge is -2.09. The van der Waals surface area contributed by atoms with Gasteiger partial charge in [-0.15, -0.1) is 0 Å². The number of benzene rings is 2. The molecule has 0 saturated heterocycles. The molecule has 0 fully saturated rings. The van der Waals surface area contributed by atoms with E-state index in [2.05, 4.69) is 15.5 Å². The van der Waals surface area contributed by atoms with E-state index in [4.69, 9.17) is 11.6 Å². The van der Waals surface area contributed by atoms with Crippen LogP contribution in [0, 0.1) is 6.92 Å². The molecule has 0 aliphatic carbocycles. The first-order valence-electron chi connectivity index (χ1n) is 6.15. The van der Waals surface area contributed by atoms with Crippen molar-refractivity contribution in [2.45, 2.75) is 6.92 Å². The summed E-state index contributed by atoms with van der Waals surface area (Å²) in [7, 11) is 0. The molecule has 0 aliphatic heterocycles.